The van der Waals surface area contributed by atoms with Gasteiger partial charge in [-0.1, -0.05) is 0 Å². The molecule has 1 aromatic rings. The molecule has 4 nitrogen and oxygen atoms in total. The first-order valence-corrected chi connectivity index (χ1v) is 3.75. The lowest BCUT2D eigenvalue weighted by Crippen LogP contribution is -2.31. The Balaban J connectivity index is 2.22. The number of nitrogens with one attached hydrogen (secondary N) is 2. The quantitative estimate of drug-likeness (QED) is 0.671. The third kappa shape index (κ3) is 2.75. The summed E-state index contributed by atoms with van der Waals surface area (Å²) >= 11 is 0. The van der Waals surface area contributed by atoms with E-state index in [9.17, 15) is 4.79 Å². The average molecular weight is 168 g/mol. The van der Waals surface area contributed by atoms with E-state index in [2.05, 4.69) is 10.6 Å². The van der Waals surface area contributed by atoms with Crippen LogP contribution in [-0.4, -0.2) is 19.5 Å². The van der Waals surface area contributed by atoms with Crippen molar-refractivity contribution in [1.82, 2.24) is 10.6 Å². The number of likely N-dealkylation sites (N-methyl/N-ethyl adjacent to an activating group) is 1. The normalized spacial score (nSPS) is 9.75. The maximum absolute atomic E-state index is 10.9. The summed E-state index contributed by atoms with van der Waals surface area (Å²) in [6.07, 6.45) is 3.19. The Labute approximate surface area is 70.9 Å². The van der Waals surface area contributed by atoms with E-state index in [1.54, 1.807) is 19.6 Å². The minimum absolute atomic E-state index is 0.0151. The second-order valence-electron chi connectivity index (χ2n) is 2.44. The Morgan fingerprint density at radius 2 is 2.50 bits per heavy atom. The fourth-order valence-electron chi connectivity index (χ4n) is 0.817. The third-order valence-electron chi connectivity index (χ3n) is 1.41. The third-order valence-corrected chi connectivity index (χ3v) is 1.41. The van der Waals surface area contributed by atoms with Crippen LogP contribution in [0.1, 0.15) is 5.56 Å². The van der Waals surface area contributed by atoms with Crippen LogP contribution in [0.25, 0.3) is 0 Å². The fourth-order valence-corrected chi connectivity index (χ4v) is 0.817. The first-order chi connectivity index (χ1) is 5.83. The van der Waals surface area contributed by atoms with E-state index in [4.69, 9.17) is 4.42 Å². The van der Waals surface area contributed by atoms with Gasteiger partial charge in [-0.25, -0.2) is 0 Å². The number of hydrogen-bond acceptors (Lipinski definition) is 3. The summed E-state index contributed by atoms with van der Waals surface area (Å²) in [6, 6.07) is 1.82. The van der Waals surface area contributed by atoms with Crippen molar-refractivity contribution in [3.8, 4) is 0 Å². The monoisotopic (exact) mass is 168 g/mol. The molecule has 2 N–H and O–H groups in total. The lowest BCUT2D eigenvalue weighted by molar-refractivity contribution is -0.120. The second-order valence-corrected chi connectivity index (χ2v) is 2.44. The van der Waals surface area contributed by atoms with E-state index in [0.717, 1.165) is 5.56 Å². The van der Waals surface area contributed by atoms with Gasteiger partial charge < -0.3 is 15.1 Å². The van der Waals surface area contributed by atoms with Crippen LogP contribution in [0.15, 0.2) is 23.0 Å². The fraction of sp³-hybridized carbons (Fsp3) is 0.375. The van der Waals surface area contributed by atoms with Gasteiger partial charge in [-0.05, 0) is 13.1 Å². The smallest absolute Gasteiger partial charge is 0.234 e. The molecular formula is C8H12N2O2. The van der Waals surface area contributed by atoms with Crippen molar-refractivity contribution in [2.75, 3.05) is 13.6 Å². The van der Waals surface area contributed by atoms with Crippen LogP contribution in [0.5, 0.6) is 0 Å². The summed E-state index contributed by atoms with van der Waals surface area (Å²) in [5.41, 5.74) is 0.972. The van der Waals surface area contributed by atoms with Crippen LogP contribution in [0.3, 0.4) is 0 Å². The molecule has 0 unspecified atom stereocenters. The van der Waals surface area contributed by atoms with Crippen LogP contribution in [0.4, 0.5) is 0 Å². The van der Waals surface area contributed by atoms with Crippen LogP contribution >= 0.6 is 0 Å². The van der Waals surface area contributed by atoms with Crippen molar-refractivity contribution in [2.24, 2.45) is 0 Å². The number of carbonyl (C=O) groups excluding carboxylic acids is 1. The summed E-state index contributed by atoms with van der Waals surface area (Å²) < 4.78 is 4.84. The highest BCUT2D eigenvalue weighted by Gasteiger charge is 1.98. The Morgan fingerprint density at radius 1 is 1.67 bits per heavy atom. The summed E-state index contributed by atoms with van der Waals surface area (Å²) in [6.45, 7) is 0.870. The Hall–Kier alpha value is -1.29. The highest BCUT2D eigenvalue weighted by atomic mass is 16.3. The summed E-state index contributed by atoms with van der Waals surface area (Å²) in [4.78, 5) is 10.9. The van der Waals surface area contributed by atoms with Crippen molar-refractivity contribution >= 4 is 5.91 Å². The molecule has 0 saturated carbocycles. The zero-order valence-electron chi connectivity index (χ0n) is 6.96. The lowest BCUT2D eigenvalue weighted by Gasteiger charge is -2.01. The molecule has 4 heteroatoms. The SMILES string of the molecule is CNCC(=O)NCc1ccoc1. The van der Waals surface area contributed by atoms with Crippen molar-refractivity contribution in [2.45, 2.75) is 6.54 Å². The summed E-state index contributed by atoms with van der Waals surface area (Å²) in [7, 11) is 1.73. The zero-order valence-corrected chi connectivity index (χ0v) is 6.96. The zero-order chi connectivity index (χ0) is 8.81. The van der Waals surface area contributed by atoms with Gasteiger partial charge >= 0.3 is 0 Å². The second kappa shape index (κ2) is 4.56. The molecule has 1 heterocycles. The number of carbonyl (C=O) groups is 1. The molecule has 0 aliphatic rings. The summed E-state index contributed by atoms with van der Waals surface area (Å²) in [5.74, 6) is -0.0151. The molecule has 1 aromatic heterocycles. The Morgan fingerprint density at radius 3 is 3.08 bits per heavy atom. The van der Waals surface area contributed by atoms with Gasteiger partial charge in [-0.2, -0.15) is 0 Å². The van der Waals surface area contributed by atoms with E-state index >= 15 is 0 Å². The van der Waals surface area contributed by atoms with Gasteiger partial charge in [0, 0.05) is 12.1 Å². The molecule has 0 fully saturated rings. The van der Waals surface area contributed by atoms with E-state index in [0.29, 0.717) is 13.1 Å². The molecule has 0 saturated heterocycles. The minimum Gasteiger partial charge on any atom is -0.472 e. The lowest BCUT2D eigenvalue weighted by atomic mass is 10.3. The first kappa shape index (κ1) is 8.80. The largest absolute Gasteiger partial charge is 0.472 e. The molecule has 0 spiro atoms. The van der Waals surface area contributed by atoms with Crippen molar-refractivity contribution in [3.63, 3.8) is 0 Å². The number of amides is 1. The highest BCUT2D eigenvalue weighted by molar-refractivity contribution is 5.77. The molecule has 0 aromatic carbocycles. The predicted molar refractivity (Wildman–Crippen MR) is 44.5 cm³/mol. The van der Waals surface area contributed by atoms with Gasteiger partial charge in [0.15, 0.2) is 0 Å². The number of furan rings is 1. The van der Waals surface area contributed by atoms with Gasteiger partial charge in [0.2, 0.25) is 5.91 Å². The van der Waals surface area contributed by atoms with E-state index in [1.165, 1.54) is 0 Å². The molecule has 0 aliphatic carbocycles. The van der Waals surface area contributed by atoms with Crippen LogP contribution in [0, 0.1) is 0 Å². The maximum Gasteiger partial charge on any atom is 0.234 e. The molecule has 0 radical (unpaired) electrons. The summed E-state index contributed by atoms with van der Waals surface area (Å²) in [5, 5.41) is 5.49. The van der Waals surface area contributed by atoms with Gasteiger partial charge in [0.25, 0.3) is 0 Å². The van der Waals surface area contributed by atoms with Crippen molar-refractivity contribution < 1.29 is 9.21 Å². The van der Waals surface area contributed by atoms with Crippen LogP contribution in [-0.2, 0) is 11.3 Å². The molecule has 12 heavy (non-hydrogen) atoms. The molecular weight excluding hydrogens is 156 g/mol. The molecule has 0 atom stereocenters. The van der Waals surface area contributed by atoms with E-state index < -0.39 is 0 Å². The molecule has 66 valence electrons. The Bertz CT molecular complexity index is 231. The van der Waals surface area contributed by atoms with Gasteiger partial charge in [-0.3, -0.25) is 4.79 Å². The standard InChI is InChI=1S/C8H12N2O2/c1-9-5-8(11)10-4-7-2-3-12-6-7/h2-3,6,9H,4-5H2,1H3,(H,10,11). The molecule has 0 aliphatic heterocycles. The highest BCUT2D eigenvalue weighted by Crippen LogP contribution is 1.97. The average Bonchev–Trinajstić information content (AvgIpc) is 2.53. The van der Waals surface area contributed by atoms with Gasteiger partial charge in [0.05, 0.1) is 19.1 Å². The van der Waals surface area contributed by atoms with E-state index in [1.807, 2.05) is 6.07 Å². The van der Waals surface area contributed by atoms with Crippen LogP contribution < -0.4 is 10.6 Å². The minimum atomic E-state index is -0.0151. The van der Waals surface area contributed by atoms with Crippen LogP contribution in [0.2, 0.25) is 0 Å². The molecule has 0 bridgehead atoms. The number of hydrogen-bond donors (Lipinski definition) is 2. The number of rotatable bonds is 4. The van der Waals surface area contributed by atoms with E-state index in [-0.39, 0.29) is 5.91 Å². The molecule has 1 rings (SSSR count). The topological polar surface area (TPSA) is 54.3 Å². The van der Waals surface area contributed by atoms with Crippen molar-refractivity contribution in [3.05, 3.63) is 24.2 Å². The van der Waals surface area contributed by atoms with Gasteiger partial charge in [0.1, 0.15) is 0 Å². The molecule has 1 amide bonds. The Kier molecular flexibility index (Phi) is 3.35. The van der Waals surface area contributed by atoms with Gasteiger partial charge in [-0.15, -0.1) is 0 Å². The predicted octanol–water partition coefficient (Wildman–Crippen LogP) is 0.115. The van der Waals surface area contributed by atoms with Crippen molar-refractivity contribution in [1.29, 1.82) is 0 Å². The first-order valence-electron chi connectivity index (χ1n) is 3.75. The maximum atomic E-state index is 10.9.